The van der Waals surface area contributed by atoms with Crippen molar-refractivity contribution in [3.05, 3.63) is 59.7 Å². The molecule has 5 heteroatoms. The van der Waals surface area contributed by atoms with E-state index in [1.807, 2.05) is 48.5 Å². The second-order valence-corrected chi connectivity index (χ2v) is 7.58. The molecule has 0 aliphatic carbocycles. The van der Waals surface area contributed by atoms with E-state index in [2.05, 4.69) is 17.1 Å². The van der Waals surface area contributed by atoms with Crippen LogP contribution in [0.25, 0.3) is 0 Å². The lowest BCUT2D eigenvalue weighted by Gasteiger charge is -2.35. The molecule has 156 valence electrons. The van der Waals surface area contributed by atoms with Gasteiger partial charge in [0.1, 0.15) is 11.5 Å². The fourth-order valence-electron chi connectivity index (χ4n) is 4.07. The second kappa shape index (κ2) is 10.3. The Morgan fingerprint density at radius 2 is 1.55 bits per heavy atom. The predicted octanol–water partition coefficient (Wildman–Crippen LogP) is 4.17. The molecule has 29 heavy (non-hydrogen) atoms. The monoisotopic (exact) mass is 396 g/mol. The highest BCUT2D eigenvalue weighted by Crippen LogP contribution is 2.26. The number of amides is 1. The molecule has 1 unspecified atom stereocenters. The van der Waals surface area contributed by atoms with Gasteiger partial charge in [-0.05, 0) is 61.2 Å². The van der Waals surface area contributed by atoms with Gasteiger partial charge in [-0.1, -0.05) is 37.6 Å². The van der Waals surface area contributed by atoms with Gasteiger partial charge in [-0.25, -0.2) is 0 Å². The molecule has 1 amide bonds. The maximum atomic E-state index is 13.0. The van der Waals surface area contributed by atoms with Crippen molar-refractivity contribution in [2.45, 2.75) is 44.7 Å². The van der Waals surface area contributed by atoms with E-state index in [9.17, 15) is 4.79 Å². The van der Waals surface area contributed by atoms with Gasteiger partial charge in [0.2, 0.25) is 5.91 Å². The van der Waals surface area contributed by atoms with Gasteiger partial charge in [-0.2, -0.15) is 0 Å². The minimum atomic E-state index is -0.218. The third-order valence-corrected chi connectivity index (χ3v) is 5.77. The number of benzene rings is 2. The van der Waals surface area contributed by atoms with Crippen LogP contribution in [0.3, 0.4) is 0 Å². The number of carbonyl (C=O) groups is 1. The first kappa shape index (κ1) is 21.2. The number of carbonyl (C=O) groups excluding carboxylic acids is 1. The van der Waals surface area contributed by atoms with Crippen LogP contribution >= 0.6 is 0 Å². The van der Waals surface area contributed by atoms with Crippen molar-refractivity contribution < 1.29 is 14.3 Å². The van der Waals surface area contributed by atoms with E-state index in [0.29, 0.717) is 12.6 Å². The molecule has 0 spiro atoms. The second-order valence-electron chi connectivity index (χ2n) is 7.58. The molecule has 1 saturated heterocycles. The zero-order valence-electron chi connectivity index (χ0n) is 17.7. The van der Waals surface area contributed by atoms with E-state index in [1.54, 1.807) is 14.2 Å². The summed E-state index contributed by atoms with van der Waals surface area (Å²) in [6.45, 7) is 3.65. The Morgan fingerprint density at radius 1 is 1.00 bits per heavy atom. The molecule has 0 aromatic heterocycles. The lowest BCUT2D eigenvalue weighted by atomic mass is 9.98. The molecule has 0 bridgehead atoms. The standard InChI is InChI=1S/C24H32N2O3/c1-4-20-7-5-6-16-26(20)17-23(27)25-24(18-8-12-21(28-2)13-9-18)19-10-14-22(29-3)15-11-19/h8-15,20,24H,4-7,16-17H2,1-3H3,(H,25,27). The number of nitrogens with one attached hydrogen (secondary N) is 1. The van der Waals surface area contributed by atoms with Crippen molar-refractivity contribution in [1.29, 1.82) is 0 Å². The summed E-state index contributed by atoms with van der Waals surface area (Å²) in [4.78, 5) is 15.3. The molecule has 1 N–H and O–H groups in total. The Kier molecular flexibility index (Phi) is 7.53. The lowest BCUT2D eigenvalue weighted by molar-refractivity contribution is -0.123. The Labute approximate surface area is 174 Å². The first-order chi connectivity index (χ1) is 14.1. The van der Waals surface area contributed by atoms with Gasteiger partial charge in [-0.15, -0.1) is 0 Å². The maximum Gasteiger partial charge on any atom is 0.234 e. The molecule has 0 radical (unpaired) electrons. The minimum absolute atomic E-state index is 0.0574. The van der Waals surface area contributed by atoms with E-state index in [0.717, 1.165) is 35.6 Å². The summed E-state index contributed by atoms with van der Waals surface area (Å²) in [5.74, 6) is 1.65. The van der Waals surface area contributed by atoms with E-state index in [4.69, 9.17) is 9.47 Å². The van der Waals surface area contributed by atoms with Crippen molar-refractivity contribution in [3.8, 4) is 11.5 Å². The summed E-state index contributed by atoms with van der Waals surface area (Å²) in [6.07, 6.45) is 4.71. The van der Waals surface area contributed by atoms with E-state index >= 15 is 0 Å². The minimum Gasteiger partial charge on any atom is -0.497 e. The molecule has 1 fully saturated rings. The van der Waals surface area contributed by atoms with Gasteiger partial charge < -0.3 is 14.8 Å². The van der Waals surface area contributed by atoms with Crippen LogP contribution in [0.5, 0.6) is 11.5 Å². The highest BCUT2D eigenvalue weighted by Gasteiger charge is 2.24. The van der Waals surface area contributed by atoms with E-state index in [1.165, 1.54) is 19.3 Å². The van der Waals surface area contributed by atoms with Crippen LogP contribution in [0.2, 0.25) is 0 Å². The summed E-state index contributed by atoms with van der Waals surface area (Å²) >= 11 is 0. The molecular formula is C24H32N2O3. The van der Waals surface area contributed by atoms with E-state index in [-0.39, 0.29) is 11.9 Å². The highest BCUT2D eigenvalue weighted by molar-refractivity contribution is 5.79. The smallest absolute Gasteiger partial charge is 0.234 e. The van der Waals surface area contributed by atoms with Crippen LogP contribution in [-0.4, -0.2) is 44.2 Å². The van der Waals surface area contributed by atoms with Crippen molar-refractivity contribution in [1.82, 2.24) is 10.2 Å². The van der Waals surface area contributed by atoms with Gasteiger partial charge >= 0.3 is 0 Å². The number of nitrogens with zero attached hydrogens (tertiary/aromatic N) is 1. The van der Waals surface area contributed by atoms with Crippen molar-refractivity contribution >= 4 is 5.91 Å². The van der Waals surface area contributed by atoms with E-state index < -0.39 is 0 Å². The Bertz CT molecular complexity index is 726. The first-order valence-corrected chi connectivity index (χ1v) is 10.5. The molecule has 1 heterocycles. The topological polar surface area (TPSA) is 50.8 Å². The molecule has 1 atom stereocenters. The third kappa shape index (κ3) is 5.51. The fraction of sp³-hybridized carbons (Fsp3) is 0.458. The highest BCUT2D eigenvalue weighted by atomic mass is 16.5. The average Bonchev–Trinajstić information content (AvgIpc) is 2.78. The maximum absolute atomic E-state index is 13.0. The SMILES string of the molecule is CCC1CCCCN1CC(=O)NC(c1ccc(OC)cc1)c1ccc(OC)cc1. The van der Waals surface area contributed by atoms with Crippen LogP contribution in [0.15, 0.2) is 48.5 Å². The zero-order valence-corrected chi connectivity index (χ0v) is 17.7. The van der Waals surface area contributed by atoms with Crippen molar-refractivity contribution in [3.63, 3.8) is 0 Å². The van der Waals surface area contributed by atoms with Crippen molar-refractivity contribution in [2.24, 2.45) is 0 Å². The molecular weight excluding hydrogens is 364 g/mol. The lowest BCUT2D eigenvalue weighted by Crippen LogP contribution is -2.46. The zero-order chi connectivity index (χ0) is 20.6. The van der Waals surface area contributed by atoms with Crippen LogP contribution < -0.4 is 14.8 Å². The molecule has 3 rings (SSSR count). The van der Waals surface area contributed by atoms with Crippen molar-refractivity contribution in [2.75, 3.05) is 27.3 Å². The van der Waals surface area contributed by atoms with Gasteiger partial charge in [0.25, 0.3) is 0 Å². The Balaban J connectivity index is 1.78. The van der Waals surface area contributed by atoms with Crippen LogP contribution in [0.1, 0.15) is 49.8 Å². The first-order valence-electron chi connectivity index (χ1n) is 10.5. The van der Waals surface area contributed by atoms with Gasteiger partial charge in [0.05, 0.1) is 26.8 Å². The number of hydrogen-bond donors (Lipinski definition) is 1. The largest absolute Gasteiger partial charge is 0.497 e. The summed E-state index contributed by atoms with van der Waals surface area (Å²) in [5, 5.41) is 3.25. The van der Waals surface area contributed by atoms with Gasteiger partial charge in [-0.3, -0.25) is 9.69 Å². The molecule has 1 aliphatic heterocycles. The molecule has 2 aromatic carbocycles. The molecule has 0 saturated carbocycles. The number of hydrogen-bond acceptors (Lipinski definition) is 4. The van der Waals surface area contributed by atoms with Gasteiger partial charge in [0.15, 0.2) is 0 Å². The van der Waals surface area contributed by atoms with Crippen LogP contribution in [0, 0.1) is 0 Å². The molecule has 2 aromatic rings. The molecule has 5 nitrogen and oxygen atoms in total. The van der Waals surface area contributed by atoms with Crippen LogP contribution in [0.4, 0.5) is 0 Å². The fourth-order valence-corrected chi connectivity index (χ4v) is 4.07. The Morgan fingerprint density at radius 3 is 2.03 bits per heavy atom. The quantitative estimate of drug-likeness (QED) is 0.727. The predicted molar refractivity (Wildman–Crippen MR) is 115 cm³/mol. The third-order valence-electron chi connectivity index (χ3n) is 5.77. The average molecular weight is 397 g/mol. The summed E-state index contributed by atoms with van der Waals surface area (Å²) in [7, 11) is 3.31. The van der Waals surface area contributed by atoms with Crippen LogP contribution in [-0.2, 0) is 4.79 Å². The summed E-state index contributed by atoms with van der Waals surface area (Å²) < 4.78 is 10.6. The van der Waals surface area contributed by atoms with Gasteiger partial charge in [0, 0.05) is 6.04 Å². The number of ether oxygens (including phenoxy) is 2. The number of rotatable bonds is 8. The molecule has 1 aliphatic rings. The number of methoxy groups -OCH3 is 2. The summed E-state index contributed by atoms with van der Waals surface area (Å²) in [6, 6.07) is 16.0. The number of likely N-dealkylation sites (tertiary alicyclic amines) is 1. The Hall–Kier alpha value is -2.53. The normalized spacial score (nSPS) is 17.2. The number of piperidine rings is 1. The summed E-state index contributed by atoms with van der Waals surface area (Å²) in [5.41, 5.74) is 2.05.